The van der Waals surface area contributed by atoms with Crippen molar-refractivity contribution in [1.82, 2.24) is 9.97 Å². The Morgan fingerprint density at radius 2 is 2.18 bits per heavy atom. The molecule has 1 aromatic heterocycles. The van der Waals surface area contributed by atoms with E-state index in [-0.39, 0.29) is 42.0 Å². The average molecular weight is 313 g/mol. The zero-order valence-corrected chi connectivity index (χ0v) is 13.0. The van der Waals surface area contributed by atoms with E-state index in [9.17, 15) is 9.59 Å². The topological polar surface area (TPSA) is 142 Å². The monoisotopic (exact) mass is 313 g/mol. The molecule has 9 heteroatoms. The van der Waals surface area contributed by atoms with Gasteiger partial charge in [-0.15, -0.1) is 0 Å². The lowest BCUT2D eigenvalue weighted by molar-refractivity contribution is -0.118. The van der Waals surface area contributed by atoms with Crippen LogP contribution in [0.2, 0.25) is 0 Å². The van der Waals surface area contributed by atoms with Crippen molar-refractivity contribution in [1.29, 1.82) is 0 Å². The second kappa shape index (κ2) is 8.35. The van der Waals surface area contributed by atoms with E-state index in [0.717, 1.165) is 0 Å². The van der Waals surface area contributed by atoms with Crippen molar-refractivity contribution < 1.29 is 14.6 Å². The molecule has 0 saturated heterocycles. The number of nitrogen functional groups attached to an aromatic ring is 1. The van der Waals surface area contributed by atoms with E-state index in [1.54, 1.807) is 13.8 Å². The number of rotatable bonds is 8. The summed E-state index contributed by atoms with van der Waals surface area (Å²) in [6.45, 7) is 3.75. The molecule has 124 valence electrons. The molecule has 9 nitrogen and oxygen atoms in total. The summed E-state index contributed by atoms with van der Waals surface area (Å²) < 4.78 is 5.03. The number of aliphatic hydroxyl groups is 1. The lowest BCUT2D eigenvalue weighted by Gasteiger charge is -2.14. The Balaban J connectivity index is 2.79. The summed E-state index contributed by atoms with van der Waals surface area (Å²) in [6.07, 6.45) is 0.199. The van der Waals surface area contributed by atoms with E-state index in [1.807, 2.05) is 0 Å². The van der Waals surface area contributed by atoms with Crippen molar-refractivity contribution in [2.24, 2.45) is 5.92 Å². The minimum absolute atomic E-state index is 0.0332. The fourth-order valence-corrected chi connectivity index (χ4v) is 1.57. The van der Waals surface area contributed by atoms with E-state index >= 15 is 0 Å². The summed E-state index contributed by atoms with van der Waals surface area (Å²) in [7, 11) is 1.50. The van der Waals surface area contributed by atoms with Crippen LogP contribution in [0.4, 0.5) is 17.5 Å². The summed E-state index contributed by atoms with van der Waals surface area (Å²) >= 11 is 0. The third kappa shape index (κ3) is 5.01. The van der Waals surface area contributed by atoms with Gasteiger partial charge in [-0.25, -0.2) is 0 Å². The molecule has 6 N–H and O–H groups in total. The van der Waals surface area contributed by atoms with Crippen LogP contribution < -0.4 is 21.9 Å². The number of nitrogens with two attached hydrogens (primary N) is 1. The van der Waals surface area contributed by atoms with Gasteiger partial charge in [-0.05, 0) is 6.42 Å². The first-order valence-corrected chi connectivity index (χ1v) is 6.97. The van der Waals surface area contributed by atoms with E-state index in [1.165, 1.54) is 7.11 Å². The van der Waals surface area contributed by atoms with Gasteiger partial charge < -0.3 is 20.9 Å². The third-order valence-electron chi connectivity index (χ3n) is 3.02. The number of aromatic amines is 1. The van der Waals surface area contributed by atoms with Gasteiger partial charge >= 0.3 is 0 Å². The van der Waals surface area contributed by atoms with Crippen LogP contribution in [0.1, 0.15) is 20.3 Å². The van der Waals surface area contributed by atoms with Crippen LogP contribution in [0, 0.1) is 5.92 Å². The molecule has 0 bridgehead atoms. The Kier molecular flexibility index (Phi) is 6.80. The fourth-order valence-electron chi connectivity index (χ4n) is 1.57. The van der Waals surface area contributed by atoms with Gasteiger partial charge in [0.15, 0.2) is 5.82 Å². The summed E-state index contributed by atoms with van der Waals surface area (Å²) in [5, 5.41) is 14.4. The molecular formula is C13H23N5O4. The van der Waals surface area contributed by atoms with Crippen LogP contribution in [0.25, 0.3) is 0 Å². The number of hydrogen-bond donors (Lipinski definition) is 5. The number of hydrogen-bond acceptors (Lipinski definition) is 7. The molecule has 1 atom stereocenters. The van der Waals surface area contributed by atoms with Crippen LogP contribution in [0.15, 0.2) is 4.79 Å². The van der Waals surface area contributed by atoms with Crippen LogP contribution in [0.3, 0.4) is 0 Å². The molecule has 22 heavy (non-hydrogen) atoms. The minimum Gasteiger partial charge on any atom is -0.394 e. The van der Waals surface area contributed by atoms with Crippen molar-refractivity contribution in [2.75, 3.05) is 36.6 Å². The smallest absolute Gasteiger partial charge is 0.277 e. The van der Waals surface area contributed by atoms with Gasteiger partial charge in [-0.1, -0.05) is 13.8 Å². The third-order valence-corrected chi connectivity index (χ3v) is 3.02. The highest BCUT2D eigenvalue weighted by Gasteiger charge is 2.13. The van der Waals surface area contributed by atoms with Gasteiger partial charge in [-0.3, -0.25) is 19.9 Å². The Bertz CT molecular complexity index is 554. The quantitative estimate of drug-likeness (QED) is 0.445. The maximum Gasteiger partial charge on any atom is 0.277 e. The Hall–Kier alpha value is -2.13. The number of nitrogens with one attached hydrogen (secondary N) is 3. The molecule has 0 aliphatic rings. The number of carbonyl (C=O) groups is 1. The van der Waals surface area contributed by atoms with Crippen LogP contribution in [-0.4, -0.2) is 47.3 Å². The number of nitrogens with zero attached hydrogens (tertiary/aromatic N) is 1. The molecule has 0 saturated carbocycles. The lowest BCUT2D eigenvalue weighted by atomic mass is 10.2. The van der Waals surface area contributed by atoms with Gasteiger partial charge in [0.2, 0.25) is 11.9 Å². The van der Waals surface area contributed by atoms with E-state index in [0.29, 0.717) is 13.0 Å². The van der Waals surface area contributed by atoms with E-state index < -0.39 is 5.56 Å². The molecule has 0 aliphatic carbocycles. The molecule has 0 aliphatic heterocycles. The number of aromatic nitrogens is 2. The number of H-pyrrole nitrogens is 1. The van der Waals surface area contributed by atoms with Crippen molar-refractivity contribution in [3.05, 3.63) is 10.4 Å². The number of methoxy groups -OCH3 is 1. The predicted molar refractivity (Wildman–Crippen MR) is 83.7 cm³/mol. The molecule has 1 amide bonds. The molecular weight excluding hydrogens is 290 g/mol. The summed E-state index contributed by atoms with van der Waals surface area (Å²) in [5.74, 6) is -0.300. The van der Waals surface area contributed by atoms with E-state index in [2.05, 4.69) is 20.6 Å². The summed E-state index contributed by atoms with van der Waals surface area (Å²) in [6, 6.07) is 0. The number of ether oxygens (including phenoxy) is 1. The van der Waals surface area contributed by atoms with Crippen molar-refractivity contribution >= 4 is 23.4 Å². The first-order valence-electron chi connectivity index (χ1n) is 6.97. The number of carbonyl (C=O) groups excluding carboxylic acids is 1. The molecule has 1 unspecified atom stereocenters. The van der Waals surface area contributed by atoms with Crippen molar-refractivity contribution in [3.63, 3.8) is 0 Å². The first kappa shape index (κ1) is 17.9. The number of anilines is 3. The number of amides is 1. The molecule has 1 heterocycles. The van der Waals surface area contributed by atoms with Gasteiger partial charge in [0.25, 0.3) is 5.56 Å². The lowest BCUT2D eigenvalue weighted by Crippen LogP contribution is -2.25. The van der Waals surface area contributed by atoms with Gasteiger partial charge in [0.1, 0.15) is 5.69 Å². The minimum atomic E-state index is -0.540. The normalized spacial score (nSPS) is 12.2. The maximum atomic E-state index is 11.7. The van der Waals surface area contributed by atoms with Crippen molar-refractivity contribution in [2.45, 2.75) is 26.4 Å². The standard InChI is InChI=1S/C13H23N5O4/c1-7(2)11(20)17-13-16-10(9(14)12(21)18-13)15-5-4-8(6-19)22-3/h7-8,19H,4-6,14H2,1-3H3,(H3,15,16,17,18,20,21). The van der Waals surface area contributed by atoms with Gasteiger partial charge in [-0.2, -0.15) is 4.98 Å². The van der Waals surface area contributed by atoms with Gasteiger partial charge in [0, 0.05) is 19.6 Å². The van der Waals surface area contributed by atoms with Crippen LogP contribution in [0.5, 0.6) is 0 Å². The molecule has 1 rings (SSSR count). The SMILES string of the molecule is COC(CO)CCNc1nc(NC(=O)C(C)C)[nH]c(=O)c1N. The zero-order valence-electron chi connectivity index (χ0n) is 13.0. The molecule has 0 aromatic carbocycles. The summed E-state index contributed by atoms with van der Waals surface area (Å²) in [4.78, 5) is 29.8. The first-order chi connectivity index (χ1) is 10.4. The van der Waals surface area contributed by atoms with Crippen LogP contribution >= 0.6 is 0 Å². The van der Waals surface area contributed by atoms with Gasteiger partial charge in [0.05, 0.1) is 12.7 Å². The molecule has 1 aromatic rings. The highest BCUT2D eigenvalue weighted by molar-refractivity contribution is 5.90. The Labute approximate surface area is 128 Å². The molecule has 0 radical (unpaired) electrons. The average Bonchev–Trinajstić information content (AvgIpc) is 2.48. The van der Waals surface area contributed by atoms with Crippen molar-refractivity contribution in [3.8, 4) is 0 Å². The predicted octanol–water partition coefficient (Wildman–Crippen LogP) is -0.244. The second-order valence-electron chi connectivity index (χ2n) is 5.08. The highest BCUT2D eigenvalue weighted by atomic mass is 16.5. The highest BCUT2D eigenvalue weighted by Crippen LogP contribution is 2.12. The Morgan fingerprint density at radius 3 is 2.73 bits per heavy atom. The summed E-state index contributed by atoms with van der Waals surface area (Å²) in [5.41, 5.74) is 5.05. The molecule has 0 spiro atoms. The van der Waals surface area contributed by atoms with E-state index in [4.69, 9.17) is 15.6 Å². The largest absolute Gasteiger partial charge is 0.394 e. The maximum absolute atomic E-state index is 11.7. The zero-order chi connectivity index (χ0) is 16.7. The number of aliphatic hydroxyl groups excluding tert-OH is 1. The Morgan fingerprint density at radius 1 is 1.50 bits per heavy atom. The fraction of sp³-hybridized carbons (Fsp3) is 0.615. The second-order valence-corrected chi connectivity index (χ2v) is 5.08. The van der Waals surface area contributed by atoms with Crippen LogP contribution in [-0.2, 0) is 9.53 Å². The molecule has 0 fully saturated rings.